The molecule has 1 unspecified atom stereocenters. The van der Waals surface area contributed by atoms with Gasteiger partial charge in [0, 0.05) is 12.4 Å². The summed E-state index contributed by atoms with van der Waals surface area (Å²) in [6.07, 6.45) is 3.24. The SMILES string of the molecule is C=Cn1nccc1C(C)C#N. The van der Waals surface area contributed by atoms with Crippen LogP contribution in [-0.4, -0.2) is 9.78 Å². The smallest absolute Gasteiger partial charge is 0.0857 e. The molecule has 1 atom stereocenters. The Bertz CT molecular complexity index is 293. The summed E-state index contributed by atoms with van der Waals surface area (Å²) in [4.78, 5) is 0. The Morgan fingerprint density at radius 1 is 1.91 bits per heavy atom. The lowest BCUT2D eigenvalue weighted by Crippen LogP contribution is -1.98. The zero-order valence-electron chi connectivity index (χ0n) is 6.36. The van der Waals surface area contributed by atoms with E-state index >= 15 is 0 Å². The molecule has 0 spiro atoms. The molecule has 1 aromatic rings. The molecule has 0 saturated carbocycles. The minimum Gasteiger partial charge on any atom is -0.244 e. The molecule has 11 heavy (non-hydrogen) atoms. The van der Waals surface area contributed by atoms with Crippen molar-refractivity contribution in [3.05, 3.63) is 24.5 Å². The third-order valence-electron chi connectivity index (χ3n) is 1.51. The first-order valence-electron chi connectivity index (χ1n) is 3.35. The van der Waals surface area contributed by atoms with Crippen LogP contribution in [0.2, 0.25) is 0 Å². The molecule has 3 nitrogen and oxygen atoms in total. The fourth-order valence-corrected chi connectivity index (χ4v) is 0.886. The van der Waals surface area contributed by atoms with Gasteiger partial charge in [0.1, 0.15) is 0 Å². The molecule has 0 saturated heterocycles. The first-order chi connectivity index (χ1) is 5.29. The number of aromatic nitrogens is 2. The van der Waals surface area contributed by atoms with Gasteiger partial charge in [-0.05, 0) is 13.0 Å². The summed E-state index contributed by atoms with van der Waals surface area (Å²) in [5.41, 5.74) is 0.877. The third-order valence-corrected chi connectivity index (χ3v) is 1.51. The van der Waals surface area contributed by atoms with Crippen molar-refractivity contribution in [3.8, 4) is 6.07 Å². The van der Waals surface area contributed by atoms with E-state index in [0.717, 1.165) is 5.69 Å². The normalized spacial score (nSPS) is 12.0. The highest BCUT2D eigenvalue weighted by molar-refractivity contribution is 5.25. The summed E-state index contributed by atoms with van der Waals surface area (Å²) in [6, 6.07) is 3.95. The van der Waals surface area contributed by atoms with E-state index in [2.05, 4.69) is 17.7 Å². The van der Waals surface area contributed by atoms with Gasteiger partial charge in [-0.2, -0.15) is 10.4 Å². The summed E-state index contributed by atoms with van der Waals surface area (Å²) in [5, 5.41) is 12.6. The summed E-state index contributed by atoms with van der Waals surface area (Å²) >= 11 is 0. The summed E-state index contributed by atoms with van der Waals surface area (Å²) in [5.74, 6) is -0.129. The van der Waals surface area contributed by atoms with Crippen molar-refractivity contribution in [2.75, 3.05) is 0 Å². The van der Waals surface area contributed by atoms with Crippen LogP contribution in [0.3, 0.4) is 0 Å². The first kappa shape index (κ1) is 7.55. The Kier molecular flexibility index (Phi) is 2.07. The Hall–Kier alpha value is -1.56. The van der Waals surface area contributed by atoms with E-state index in [4.69, 9.17) is 5.26 Å². The van der Waals surface area contributed by atoms with E-state index in [1.165, 1.54) is 0 Å². The third kappa shape index (κ3) is 1.30. The standard InChI is InChI=1S/C8H9N3/c1-3-11-8(4-5-10-11)7(2)6-9/h3-5,7H,1H2,2H3. The van der Waals surface area contributed by atoms with Gasteiger partial charge in [-0.15, -0.1) is 0 Å². The maximum Gasteiger partial charge on any atom is 0.0857 e. The van der Waals surface area contributed by atoms with Gasteiger partial charge in [0.15, 0.2) is 0 Å². The minimum absolute atomic E-state index is 0.129. The van der Waals surface area contributed by atoms with Gasteiger partial charge in [0.05, 0.1) is 17.7 Å². The Labute approximate surface area is 65.6 Å². The van der Waals surface area contributed by atoms with Crippen LogP contribution in [0.15, 0.2) is 18.8 Å². The van der Waals surface area contributed by atoms with E-state index in [1.807, 2.05) is 13.0 Å². The number of nitriles is 1. The van der Waals surface area contributed by atoms with E-state index in [1.54, 1.807) is 17.1 Å². The molecular weight excluding hydrogens is 138 g/mol. The number of rotatable bonds is 2. The lowest BCUT2D eigenvalue weighted by Gasteiger charge is -2.01. The zero-order valence-corrected chi connectivity index (χ0v) is 6.36. The van der Waals surface area contributed by atoms with Crippen molar-refractivity contribution in [3.63, 3.8) is 0 Å². The molecule has 1 aromatic heterocycles. The molecule has 0 fully saturated rings. The molecule has 0 N–H and O–H groups in total. The van der Waals surface area contributed by atoms with Gasteiger partial charge >= 0.3 is 0 Å². The highest BCUT2D eigenvalue weighted by atomic mass is 15.3. The van der Waals surface area contributed by atoms with Gasteiger partial charge in [0.2, 0.25) is 0 Å². The van der Waals surface area contributed by atoms with E-state index in [9.17, 15) is 0 Å². The molecule has 0 aliphatic carbocycles. The molecule has 1 rings (SSSR count). The largest absolute Gasteiger partial charge is 0.244 e. The van der Waals surface area contributed by atoms with Gasteiger partial charge < -0.3 is 0 Å². The number of nitrogens with zero attached hydrogens (tertiary/aromatic N) is 3. The predicted molar refractivity (Wildman–Crippen MR) is 42.6 cm³/mol. The quantitative estimate of drug-likeness (QED) is 0.637. The van der Waals surface area contributed by atoms with Crippen molar-refractivity contribution >= 4 is 6.20 Å². The van der Waals surface area contributed by atoms with Crippen LogP contribution < -0.4 is 0 Å². The number of hydrogen-bond donors (Lipinski definition) is 0. The molecular formula is C8H9N3. The lowest BCUT2D eigenvalue weighted by molar-refractivity contribution is 0.813. The molecule has 0 aliphatic heterocycles. The molecule has 1 heterocycles. The van der Waals surface area contributed by atoms with Crippen LogP contribution in [0.4, 0.5) is 0 Å². The van der Waals surface area contributed by atoms with Crippen LogP contribution in [-0.2, 0) is 0 Å². The van der Waals surface area contributed by atoms with Gasteiger partial charge in [-0.25, -0.2) is 4.68 Å². The maximum atomic E-state index is 8.60. The fraction of sp³-hybridized carbons (Fsp3) is 0.250. The summed E-state index contributed by atoms with van der Waals surface area (Å²) in [6.45, 7) is 5.40. The van der Waals surface area contributed by atoms with E-state index in [-0.39, 0.29) is 5.92 Å². The molecule has 0 bridgehead atoms. The topological polar surface area (TPSA) is 41.6 Å². The highest BCUT2D eigenvalue weighted by Gasteiger charge is 2.07. The van der Waals surface area contributed by atoms with Gasteiger partial charge in [-0.3, -0.25) is 0 Å². The Morgan fingerprint density at radius 2 is 2.64 bits per heavy atom. The molecule has 3 heteroatoms. The van der Waals surface area contributed by atoms with Crippen molar-refractivity contribution in [1.29, 1.82) is 5.26 Å². The van der Waals surface area contributed by atoms with Gasteiger partial charge in [-0.1, -0.05) is 6.58 Å². The monoisotopic (exact) mass is 147 g/mol. The average Bonchev–Trinajstić information content (AvgIpc) is 2.50. The van der Waals surface area contributed by atoms with Crippen LogP contribution in [0.25, 0.3) is 6.20 Å². The fourth-order valence-electron chi connectivity index (χ4n) is 0.886. The first-order valence-corrected chi connectivity index (χ1v) is 3.35. The molecule has 56 valence electrons. The van der Waals surface area contributed by atoms with Crippen molar-refractivity contribution < 1.29 is 0 Å². The van der Waals surface area contributed by atoms with E-state index in [0.29, 0.717) is 0 Å². The molecule has 0 aliphatic rings. The maximum absolute atomic E-state index is 8.60. The second kappa shape index (κ2) is 3.02. The summed E-state index contributed by atoms with van der Waals surface area (Å²) in [7, 11) is 0. The molecule has 0 radical (unpaired) electrons. The molecule has 0 amide bonds. The minimum atomic E-state index is -0.129. The van der Waals surface area contributed by atoms with Gasteiger partial charge in [0.25, 0.3) is 0 Å². The van der Waals surface area contributed by atoms with Crippen molar-refractivity contribution in [1.82, 2.24) is 9.78 Å². The van der Waals surface area contributed by atoms with Crippen LogP contribution >= 0.6 is 0 Å². The van der Waals surface area contributed by atoms with Crippen LogP contribution in [0.5, 0.6) is 0 Å². The second-order valence-electron chi connectivity index (χ2n) is 2.23. The van der Waals surface area contributed by atoms with Crippen LogP contribution in [0, 0.1) is 11.3 Å². The predicted octanol–water partition coefficient (Wildman–Crippen LogP) is 1.61. The van der Waals surface area contributed by atoms with Crippen LogP contribution in [0.1, 0.15) is 18.5 Å². The van der Waals surface area contributed by atoms with Crippen molar-refractivity contribution in [2.45, 2.75) is 12.8 Å². The van der Waals surface area contributed by atoms with Crippen molar-refractivity contribution in [2.24, 2.45) is 0 Å². The zero-order chi connectivity index (χ0) is 8.27. The lowest BCUT2D eigenvalue weighted by atomic mass is 10.1. The molecule has 0 aromatic carbocycles. The van der Waals surface area contributed by atoms with E-state index < -0.39 is 0 Å². The Balaban J connectivity index is 3.03. The highest BCUT2D eigenvalue weighted by Crippen LogP contribution is 2.12. The second-order valence-corrected chi connectivity index (χ2v) is 2.23. The number of hydrogen-bond acceptors (Lipinski definition) is 2. The summed E-state index contributed by atoms with van der Waals surface area (Å²) < 4.78 is 1.61. The Morgan fingerprint density at radius 3 is 3.18 bits per heavy atom. The average molecular weight is 147 g/mol.